The summed E-state index contributed by atoms with van der Waals surface area (Å²) in [5, 5.41) is 2.64. The molecule has 0 saturated carbocycles. The first-order valence-electron chi connectivity index (χ1n) is 8.31. The van der Waals surface area contributed by atoms with Gasteiger partial charge in [-0.2, -0.15) is 0 Å². The summed E-state index contributed by atoms with van der Waals surface area (Å²) in [7, 11) is 0. The number of hydrogen-bond acceptors (Lipinski definition) is 5. The minimum atomic E-state index is -4.78. The number of aromatic nitrogens is 2. The van der Waals surface area contributed by atoms with E-state index in [2.05, 4.69) is 20.0 Å². The standard InChI is InChI=1S/C17H18F3N5O2/c18-17(19,20)27-14-5-2-1-4-13(14)12-23-16(26)25-10-8-24(9-11-25)15-21-6-3-7-22-15/h1-7H,8-12H2,(H,23,26). The van der Waals surface area contributed by atoms with Gasteiger partial charge in [0.2, 0.25) is 5.95 Å². The highest BCUT2D eigenvalue weighted by molar-refractivity contribution is 5.74. The number of rotatable bonds is 4. The van der Waals surface area contributed by atoms with Crippen molar-refractivity contribution in [3.8, 4) is 5.75 Å². The number of urea groups is 1. The van der Waals surface area contributed by atoms with E-state index in [1.54, 1.807) is 29.4 Å². The molecule has 2 aromatic rings. The van der Waals surface area contributed by atoms with Crippen LogP contribution in [-0.4, -0.2) is 53.4 Å². The van der Waals surface area contributed by atoms with Crippen LogP contribution in [0.2, 0.25) is 0 Å². The lowest BCUT2D eigenvalue weighted by Gasteiger charge is -2.34. The lowest BCUT2D eigenvalue weighted by molar-refractivity contribution is -0.274. The molecule has 0 aliphatic carbocycles. The fraction of sp³-hybridized carbons (Fsp3) is 0.353. The quantitative estimate of drug-likeness (QED) is 0.881. The van der Waals surface area contributed by atoms with E-state index in [0.717, 1.165) is 0 Å². The third-order valence-corrected chi connectivity index (χ3v) is 4.03. The van der Waals surface area contributed by atoms with Crippen molar-refractivity contribution >= 4 is 12.0 Å². The number of nitrogens with zero attached hydrogens (tertiary/aromatic N) is 4. The van der Waals surface area contributed by atoms with Gasteiger partial charge in [0.1, 0.15) is 5.75 Å². The maximum Gasteiger partial charge on any atom is 0.573 e. The van der Waals surface area contributed by atoms with Crippen molar-refractivity contribution in [3.05, 3.63) is 48.3 Å². The predicted molar refractivity (Wildman–Crippen MR) is 91.2 cm³/mol. The second kappa shape index (κ2) is 8.11. The summed E-state index contributed by atoms with van der Waals surface area (Å²) in [4.78, 5) is 24.2. The van der Waals surface area contributed by atoms with Crippen molar-refractivity contribution in [2.45, 2.75) is 12.9 Å². The number of ether oxygens (including phenoxy) is 1. The second-order valence-electron chi connectivity index (χ2n) is 5.84. The van der Waals surface area contributed by atoms with Gasteiger partial charge in [-0.3, -0.25) is 0 Å². The molecule has 2 heterocycles. The molecule has 0 spiro atoms. The molecule has 1 aliphatic rings. The molecule has 144 valence electrons. The van der Waals surface area contributed by atoms with Gasteiger partial charge >= 0.3 is 12.4 Å². The highest BCUT2D eigenvalue weighted by atomic mass is 19.4. The van der Waals surface area contributed by atoms with Crippen molar-refractivity contribution in [2.24, 2.45) is 0 Å². The van der Waals surface area contributed by atoms with Crippen LogP contribution in [0.25, 0.3) is 0 Å². The molecule has 1 aromatic carbocycles. The fourth-order valence-corrected chi connectivity index (χ4v) is 2.72. The monoisotopic (exact) mass is 381 g/mol. The van der Waals surface area contributed by atoms with Gasteiger partial charge in [0.15, 0.2) is 0 Å². The highest BCUT2D eigenvalue weighted by Gasteiger charge is 2.32. The van der Waals surface area contributed by atoms with E-state index < -0.39 is 6.36 Å². The molecule has 1 aromatic heterocycles. The van der Waals surface area contributed by atoms with Gasteiger partial charge in [-0.15, -0.1) is 13.2 Å². The molecule has 0 unspecified atom stereocenters. The Morgan fingerprint density at radius 3 is 2.41 bits per heavy atom. The SMILES string of the molecule is O=C(NCc1ccccc1OC(F)(F)F)N1CCN(c2ncccn2)CC1. The van der Waals surface area contributed by atoms with Crippen molar-refractivity contribution in [1.29, 1.82) is 0 Å². The van der Waals surface area contributed by atoms with E-state index in [0.29, 0.717) is 32.1 Å². The first-order valence-corrected chi connectivity index (χ1v) is 8.31. The van der Waals surface area contributed by atoms with Crippen molar-refractivity contribution < 1.29 is 22.7 Å². The minimum absolute atomic E-state index is 0.0624. The summed E-state index contributed by atoms with van der Waals surface area (Å²) in [5.41, 5.74) is 0.250. The number of amides is 2. The van der Waals surface area contributed by atoms with Gasteiger partial charge < -0.3 is 19.9 Å². The number of carbonyl (C=O) groups excluding carboxylic acids is 1. The van der Waals surface area contributed by atoms with E-state index in [1.165, 1.54) is 18.2 Å². The van der Waals surface area contributed by atoms with E-state index in [9.17, 15) is 18.0 Å². The lowest BCUT2D eigenvalue weighted by atomic mass is 10.2. The maximum absolute atomic E-state index is 12.5. The number of carbonyl (C=O) groups is 1. The summed E-state index contributed by atoms with van der Waals surface area (Å²) in [6, 6.07) is 7.11. The average Bonchev–Trinajstić information content (AvgIpc) is 2.67. The molecule has 10 heteroatoms. The van der Waals surface area contributed by atoms with Crippen LogP contribution in [0.5, 0.6) is 5.75 Å². The summed E-state index contributed by atoms with van der Waals surface area (Å²) in [5.74, 6) is 0.284. The van der Waals surface area contributed by atoms with E-state index in [1.807, 2.05) is 4.90 Å². The Labute approximate surface area is 153 Å². The van der Waals surface area contributed by atoms with Gasteiger partial charge in [0.25, 0.3) is 0 Å². The molecule has 1 aliphatic heterocycles. The molecule has 0 bridgehead atoms. The Balaban J connectivity index is 1.52. The molecule has 1 fully saturated rings. The Kier molecular flexibility index (Phi) is 5.63. The number of hydrogen-bond donors (Lipinski definition) is 1. The fourth-order valence-electron chi connectivity index (χ4n) is 2.72. The van der Waals surface area contributed by atoms with Crippen LogP contribution < -0.4 is 15.0 Å². The van der Waals surface area contributed by atoms with Gasteiger partial charge in [0, 0.05) is 50.7 Å². The maximum atomic E-state index is 12.5. The molecule has 1 saturated heterocycles. The van der Waals surface area contributed by atoms with Crippen molar-refractivity contribution in [2.75, 3.05) is 31.1 Å². The molecule has 1 N–H and O–H groups in total. The Morgan fingerprint density at radius 1 is 1.07 bits per heavy atom. The van der Waals surface area contributed by atoms with E-state index in [-0.39, 0.29) is 23.9 Å². The molecule has 3 rings (SSSR count). The number of piperazine rings is 1. The van der Waals surface area contributed by atoms with Crippen LogP contribution in [0, 0.1) is 0 Å². The normalized spacial score (nSPS) is 14.8. The van der Waals surface area contributed by atoms with Crippen LogP contribution in [0.4, 0.5) is 23.9 Å². The Hall–Kier alpha value is -3.04. The number of nitrogens with one attached hydrogen (secondary N) is 1. The highest BCUT2D eigenvalue weighted by Crippen LogP contribution is 2.26. The van der Waals surface area contributed by atoms with E-state index >= 15 is 0 Å². The molecule has 7 nitrogen and oxygen atoms in total. The molecule has 27 heavy (non-hydrogen) atoms. The Bertz CT molecular complexity index is 765. The van der Waals surface area contributed by atoms with E-state index in [4.69, 9.17) is 0 Å². The summed E-state index contributed by atoms with van der Waals surface area (Å²) in [6.07, 6.45) is -1.47. The number of para-hydroxylation sites is 1. The first-order chi connectivity index (χ1) is 12.9. The number of alkyl halides is 3. The number of benzene rings is 1. The average molecular weight is 381 g/mol. The first kappa shape index (κ1) is 18.7. The third kappa shape index (κ3) is 5.22. The predicted octanol–water partition coefficient (Wildman–Crippen LogP) is 2.41. The lowest BCUT2D eigenvalue weighted by Crippen LogP contribution is -2.52. The van der Waals surface area contributed by atoms with Crippen molar-refractivity contribution in [1.82, 2.24) is 20.2 Å². The van der Waals surface area contributed by atoms with Gasteiger partial charge in [-0.05, 0) is 12.1 Å². The smallest absolute Gasteiger partial charge is 0.405 e. The number of anilines is 1. The van der Waals surface area contributed by atoms with Gasteiger partial charge in [0.05, 0.1) is 0 Å². The zero-order valence-corrected chi connectivity index (χ0v) is 14.3. The third-order valence-electron chi connectivity index (χ3n) is 4.03. The van der Waals surface area contributed by atoms with Crippen LogP contribution in [0.15, 0.2) is 42.7 Å². The minimum Gasteiger partial charge on any atom is -0.405 e. The zero-order chi connectivity index (χ0) is 19.3. The van der Waals surface area contributed by atoms with Crippen molar-refractivity contribution in [3.63, 3.8) is 0 Å². The summed E-state index contributed by atoms with van der Waals surface area (Å²) >= 11 is 0. The molecule has 2 amide bonds. The molecular weight excluding hydrogens is 363 g/mol. The topological polar surface area (TPSA) is 70.6 Å². The van der Waals surface area contributed by atoms with Gasteiger partial charge in [-0.1, -0.05) is 18.2 Å². The van der Waals surface area contributed by atoms with Crippen LogP contribution in [0.3, 0.4) is 0 Å². The van der Waals surface area contributed by atoms with Crippen LogP contribution >= 0.6 is 0 Å². The largest absolute Gasteiger partial charge is 0.573 e. The molecule has 0 radical (unpaired) electrons. The van der Waals surface area contributed by atoms with Crippen LogP contribution in [-0.2, 0) is 6.54 Å². The molecular formula is C17H18F3N5O2. The second-order valence-corrected chi connectivity index (χ2v) is 5.84. The number of halogens is 3. The summed E-state index contributed by atoms with van der Waals surface area (Å²) in [6.45, 7) is 2.01. The summed E-state index contributed by atoms with van der Waals surface area (Å²) < 4.78 is 41.4. The Morgan fingerprint density at radius 2 is 1.74 bits per heavy atom. The van der Waals surface area contributed by atoms with Gasteiger partial charge in [-0.25, -0.2) is 14.8 Å². The molecule has 0 atom stereocenters. The van der Waals surface area contributed by atoms with Crippen LogP contribution in [0.1, 0.15) is 5.56 Å². The zero-order valence-electron chi connectivity index (χ0n) is 14.3.